The lowest BCUT2D eigenvalue weighted by atomic mass is 10.3. The Bertz CT molecular complexity index is 206. The highest BCUT2D eigenvalue weighted by Crippen LogP contribution is 2.26. The van der Waals surface area contributed by atoms with E-state index in [4.69, 9.17) is 9.47 Å². The molecule has 0 unspecified atom stereocenters. The molecule has 0 aliphatic carbocycles. The van der Waals surface area contributed by atoms with Crippen molar-refractivity contribution in [3.05, 3.63) is 16.6 Å². The number of aromatic nitrogens is 1. The van der Waals surface area contributed by atoms with Crippen molar-refractivity contribution >= 4 is 11.3 Å². The van der Waals surface area contributed by atoms with Crippen molar-refractivity contribution in [3.63, 3.8) is 0 Å². The molecule has 1 aromatic heterocycles. The molecule has 1 rings (SSSR count). The van der Waals surface area contributed by atoms with Gasteiger partial charge in [0.25, 0.3) is 0 Å². The summed E-state index contributed by atoms with van der Waals surface area (Å²) in [6.07, 6.45) is 1.73. The quantitative estimate of drug-likeness (QED) is 0.651. The van der Waals surface area contributed by atoms with E-state index in [2.05, 4.69) is 4.98 Å². The van der Waals surface area contributed by atoms with E-state index in [0.29, 0.717) is 0 Å². The van der Waals surface area contributed by atoms with Gasteiger partial charge in [-0.15, -0.1) is 11.3 Å². The summed E-state index contributed by atoms with van der Waals surface area (Å²) in [4.78, 5) is 4.10. The average molecular weight is 173 g/mol. The maximum atomic E-state index is 5.16. The molecule has 62 valence electrons. The van der Waals surface area contributed by atoms with Gasteiger partial charge in [-0.05, 0) is 6.92 Å². The van der Waals surface area contributed by atoms with Crippen molar-refractivity contribution < 1.29 is 9.47 Å². The van der Waals surface area contributed by atoms with Gasteiger partial charge in [0.15, 0.2) is 5.01 Å². The Hall–Kier alpha value is -0.450. The molecule has 0 aliphatic rings. The fourth-order valence-electron chi connectivity index (χ4n) is 0.706. The number of hydrogen-bond donors (Lipinski definition) is 0. The van der Waals surface area contributed by atoms with Crippen LogP contribution in [0.2, 0.25) is 0 Å². The Balaban J connectivity index is 2.87. The highest BCUT2D eigenvalue weighted by Gasteiger charge is 2.28. The second kappa shape index (κ2) is 3.30. The molecule has 0 atom stereocenters. The van der Waals surface area contributed by atoms with Gasteiger partial charge in [0.2, 0.25) is 5.79 Å². The van der Waals surface area contributed by atoms with Crippen molar-refractivity contribution in [2.45, 2.75) is 12.7 Å². The van der Waals surface area contributed by atoms with E-state index >= 15 is 0 Å². The first-order valence-corrected chi connectivity index (χ1v) is 4.11. The topological polar surface area (TPSA) is 31.4 Å². The van der Waals surface area contributed by atoms with Gasteiger partial charge < -0.3 is 9.47 Å². The van der Waals surface area contributed by atoms with Crippen LogP contribution in [0.3, 0.4) is 0 Å². The molecule has 0 spiro atoms. The molecular formula is C7H11NO2S. The third-order valence-electron chi connectivity index (χ3n) is 1.60. The lowest BCUT2D eigenvalue weighted by Crippen LogP contribution is -2.26. The lowest BCUT2D eigenvalue weighted by molar-refractivity contribution is -0.201. The van der Waals surface area contributed by atoms with Gasteiger partial charge >= 0.3 is 0 Å². The number of rotatable bonds is 3. The molecule has 11 heavy (non-hydrogen) atoms. The zero-order valence-electron chi connectivity index (χ0n) is 6.83. The zero-order valence-corrected chi connectivity index (χ0v) is 7.64. The third kappa shape index (κ3) is 1.58. The first kappa shape index (κ1) is 8.64. The highest BCUT2D eigenvalue weighted by molar-refractivity contribution is 7.09. The van der Waals surface area contributed by atoms with Crippen LogP contribution < -0.4 is 0 Å². The molecule has 0 N–H and O–H groups in total. The Morgan fingerprint density at radius 3 is 2.45 bits per heavy atom. The number of nitrogens with zero attached hydrogens (tertiary/aromatic N) is 1. The third-order valence-corrected chi connectivity index (χ3v) is 2.56. The van der Waals surface area contributed by atoms with Crippen LogP contribution in [0.4, 0.5) is 0 Å². The summed E-state index contributed by atoms with van der Waals surface area (Å²) >= 11 is 1.52. The summed E-state index contributed by atoms with van der Waals surface area (Å²) in [6, 6.07) is 0. The molecule has 0 bridgehead atoms. The summed E-state index contributed by atoms with van der Waals surface area (Å²) in [7, 11) is 3.20. The van der Waals surface area contributed by atoms with E-state index in [1.54, 1.807) is 20.4 Å². The van der Waals surface area contributed by atoms with Crippen LogP contribution in [-0.4, -0.2) is 19.2 Å². The first-order valence-electron chi connectivity index (χ1n) is 3.23. The molecule has 3 nitrogen and oxygen atoms in total. The maximum absolute atomic E-state index is 5.16. The molecule has 0 aromatic carbocycles. The summed E-state index contributed by atoms with van der Waals surface area (Å²) in [5.41, 5.74) is 0. The largest absolute Gasteiger partial charge is 0.348 e. The second-order valence-corrected chi connectivity index (χ2v) is 3.09. The van der Waals surface area contributed by atoms with E-state index in [1.165, 1.54) is 11.3 Å². The SMILES string of the molecule is COC(C)(OC)c1nccs1. The van der Waals surface area contributed by atoms with Crippen molar-refractivity contribution in [2.24, 2.45) is 0 Å². The van der Waals surface area contributed by atoms with Crippen LogP contribution in [0.25, 0.3) is 0 Å². The molecule has 0 saturated heterocycles. The molecule has 0 saturated carbocycles. The molecule has 0 fully saturated rings. The van der Waals surface area contributed by atoms with Gasteiger partial charge in [0.05, 0.1) is 0 Å². The number of ether oxygens (including phenoxy) is 2. The van der Waals surface area contributed by atoms with Gasteiger partial charge in [-0.1, -0.05) is 0 Å². The normalized spacial score (nSPS) is 11.9. The molecular weight excluding hydrogens is 162 g/mol. The number of hydrogen-bond acceptors (Lipinski definition) is 4. The standard InChI is InChI=1S/C7H11NO2S/c1-7(9-2,10-3)6-8-4-5-11-6/h4-5H,1-3H3. The molecule has 0 aliphatic heterocycles. The van der Waals surface area contributed by atoms with Crippen LogP contribution in [0.5, 0.6) is 0 Å². The Morgan fingerprint density at radius 2 is 2.09 bits per heavy atom. The van der Waals surface area contributed by atoms with Crippen LogP contribution in [0, 0.1) is 0 Å². The van der Waals surface area contributed by atoms with Crippen molar-refractivity contribution in [2.75, 3.05) is 14.2 Å². The average Bonchev–Trinajstić information content (AvgIpc) is 2.55. The lowest BCUT2D eigenvalue weighted by Gasteiger charge is -2.23. The van der Waals surface area contributed by atoms with Crippen LogP contribution in [0.1, 0.15) is 11.9 Å². The van der Waals surface area contributed by atoms with E-state index in [1.807, 2.05) is 12.3 Å². The van der Waals surface area contributed by atoms with Gasteiger partial charge in [0.1, 0.15) is 0 Å². The minimum atomic E-state index is -0.686. The van der Waals surface area contributed by atoms with Crippen LogP contribution in [-0.2, 0) is 15.3 Å². The van der Waals surface area contributed by atoms with Gasteiger partial charge in [0, 0.05) is 25.8 Å². The number of thiazole rings is 1. The summed E-state index contributed by atoms with van der Waals surface area (Å²) < 4.78 is 10.3. The fourth-order valence-corrected chi connectivity index (χ4v) is 1.46. The predicted octanol–water partition coefficient (Wildman–Crippen LogP) is 1.61. The predicted molar refractivity (Wildman–Crippen MR) is 43.5 cm³/mol. The van der Waals surface area contributed by atoms with Crippen LogP contribution in [0.15, 0.2) is 11.6 Å². The zero-order chi connectivity index (χ0) is 8.32. The van der Waals surface area contributed by atoms with E-state index in [9.17, 15) is 0 Å². The second-order valence-electron chi connectivity index (χ2n) is 2.19. The molecule has 0 amide bonds. The van der Waals surface area contributed by atoms with Gasteiger partial charge in [-0.2, -0.15) is 0 Å². The van der Waals surface area contributed by atoms with Crippen molar-refractivity contribution in [1.29, 1.82) is 0 Å². The Morgan fingerprint density at radius 1 is 1.45 bits per heavy atom. The monoisotopic (exact) mass is 173 g/mol. The van der Waals surface area contributed by atoms with Crippen molar-refractivity contribution in [1.82, 2.24) is 4.98 Å². The molecule has 1 aromatic rings. The number of methoxy groups -OCH3 is 2. The highest BCUT2D eigenvalue weighted by atomic mass is 32.1. The van der Waals surface area contributed by atoms with Crippen LogP contribution >= 0.6 is 11.3 Å². The van der Waals surface area contributed by atoms with Gasteiger partial charge in [-0.25, -0.2) is 4.98 Å². The van der Waals surface area contributed by atoms with E-state index in [-0.39, 0.29) is 0 Å². The first-order chi connectivity index (χ1) is 5.23. The van der Waals surface area contributed by atoms with E-state index < -0.39 is 5.79 Å². The molecule has 0 radical (unpaired) electrons. The maximum Gasteiger partial charge on any atom is 0.218 e. The van der Waals surface area contributed by atoms with Crippen molar-refractivity contribution in [3.8, 4) is 0 Å². The molecule has 4 heteroatoms. The Labute approximate surface area is 70.0 Å². The summed E-state index contributed by atoms with van der Waals surface area (Å²) in [5, 5.41) is 2.73. The molecule has 1 heterocycles. The summed E-state index contributed by atoms with van der Waals surface area (Å²) in [5.74, 6) is -0.686. The Kier molecular flexibility index (Phi) is 2.59. The fraction of sp³-hybridized carbons (Fsp3) is 0.571. The minimum absolute atomic E-state index is 0.686. The van der Waals surface area contributed by atoms with E-state index in [0.717, 1.165) is 5.01 Å². The van der Waals surface area contributed by atoms with Gasteiger partial charge in [-0.3, -0.25) is 0 Å². The smallest absolute Gasteiger partial charge is 0.218 e. The summed E-state index contributed by atoms with van der Waals surface area (Å²) in [6.45, 7) is 1.84. The minimum Gasteiger partial charge on any atom is -0.348 e.